The Bertz CT molecular complexity index is 966. The van der Waals surface area contributed by atoms with Crippen molar-refractivity contribution in [2.75, 3.05) is 19.5 Å². The molecule has 140 valence electrons. The van der Waals surface area contributed by atoms with Gasteiger partial charge in [-0.1, -0.05) is 12.1 Å². The van der Waals surface area contributed by atoms with Crippen LogP contribution in [0.4, 0.5) is 5.69 Å². The van der Waals surface area contributed by atoms with Crippen LogP contribution < -0.4 is 14.8 Å². The van der Waals surface area contributed by atoms with E-state index in [2.05, 4.69) is 15.4 Å². The molecule has 0 atom stereocenters. The maximum Gasteiger partial charge on any atom is 0.232 e. The van der Waals surface area contributed by atoms with Gasteiger partial charge in [-0.15, -0.1) is 0 Å². The molecule has 7 heteroatoms. The summed E-state index contributed by atoms with van der Waals surface area (Å²) in [5.74, 6) is 2.16. The first-order valence-electron chi connectivity index (χ1n) is 8.51. The molecule has 0 radical (unpaired) electrons. The van der Waals surface area contributed by atoms with Gasteiger partial charge in [0.05, 0.1) is 32.0 Å². The molecule has 0 saturated heterocycles. The van der Waals surface area contributed by atoms with Crippen molar-refractivity contribution in [3.63, 3.8) is 0 Å². The minimum Gasteiger partial charge on any atom is -0.497 e. The summed E-state index contributed by atoms with van der Waals surface area (Å²) in [5.41, 5.74) is 2.56. The van der Waals surface area contributed by atoms with E-state index in [0.29, 0.717) is 28.8 Å². The molecule has 2 aromatic carbocycles. The van der Waals surface area contributed by atoms with Gasteiger partial charge in [0.15, 0.2) is 0 Å². The predicted molar refractivity (Wildman–Crippen MR) is 103 cm³/mol. The van der Waals surface area contributed by atoms with E-state index in [9.17, 15) is 4.79 Å². The molecule has 27 heavy (non-hydrogen) atoms. The molecule has 7 nitrogen and oxygen atoms in total. The lowest BCUT2D eigenvalue weighted by atomic mass is 10.2. The molecule has 0 aliphatic carbocycles. The maximum absolute atomic E-state index is 12.6. The fraction of sp³-hybridized carbons (Fsp3) is 0.250. The van der Waals surface area contributed by atoms with E-state index >= 15 is 0 Å². The van der Waals surface area contributed by atoms with Gasteiger partial charge < -0.3 is 14.8 Å². The molecule has 3 rings (SSSR count). The summed E-state index contributed by atoms with van der Waals surface area (Å²) < 4.78 is 12.2. The molecule has 0 aliphatic heterocycles. The van der Waals surface area contributed by atoms with E-state index in [4.69, 9.17) is 9.47 Å². The van der Waals surface area contributed by atoms with Crippen LogP contribution in [-0.2, 0) is 11.2 Å². The van der Waals surface area contributed by atoms with Gasteiger partial charge in [0.25, 0.3) is 0 Å². The van der Waals surface area contributed by atoms with Gasteiger partial charge in [-0.05, 0) is 43.7 Å². The molecule has 1 heterocycles. The highest BCUT2D eigenvalue weighted by molar-refractivity contribution is 5.93. The SMILES string of the molecule is COc1ccc(NC(=O)Cc2nc(C)nn2-c2cccc(C)c2)c(OC)c1. The third-order valence-electron chi connectivity index (χ3n) is 4.03. The number of anilines is 1. The molecule has 1 N–H and O–H groups in total. The van der Waals surface area contributed by atoms with Crippen molar-refractivity contribution in [2.45, 2.75) is 20.3 Å². The van der Waals surface area contributed by atoms with Gasteiger partial charge in [-0.2, -0.15) is 5.10 Å². The highest BCUT2D eigenvalue weighted by Crippen LogP contribution is 2.29. The zero-order valence-electron chi connectivity index (χ0n) is 15.8. The molecule has 0 aliphatic rings. The number of aryl methyl sites for hydroxylation is 2. The number of nitrogens with one attached hydrogen (secondary N) is 1. The first kappa shape index (κ1) is 18.4. The van der Waals surface area contributed by atoms with Crippen LogP contribution in [0, 0.1) is 13.8 Å². The summed E-state index contributed by atoms with van der Waals surface area (Å²) in [6.45, 7) is 3.82. The highest BCUT2D eigenvalue weighted by atomic mass is 16.5. The minimum atomic E-state index is -0.209. The second kappa shape index (κ2) is 7.90. The molecule has 0 unspecified atom stereocenters. The van der Waals surface area contributed by atoms with E-state index in [-0.39, 0.29) is 12.3 Å². The lowest BCUT2D eigenvalue weighted by Crippen LogP contribution is -2.18. The summed E-state index contributed by atoms with van der Waals surface area (Å²) in [4.78, 5) is 17.0. The Hall–Kier alpha value is -3.35. The number of aromatic nitrogens is 3. The smallest absolute Gasteiger partial charge is 0.232 e. The Morgan fingerprint density at radius 1 is 1.11 bits per heavy atom. The highest BCUT2D eigenvalue weighted by Gasteiger charge is 2.15. The average molecular weight is 366 g/mol. The Morgan fingerprint density at radius 3 is 2.63 bits per heavy atom. The average Bonchev–Trinajstić information content (AvgIpc) is 3.02. The minimum absolute atomic E-state index is 0.0873. The van der Waals surface area contributed by atoms with Crippen molar-refractivity contribution < 1.29 is 14.3 Å². The summed E-state index contributed by atoms with van der Waals surface area (Å²) in [6.07, 6.45) is 0.0873. The van der Waals surface area contributed by atoms with E-state index < -0.39 is 0 Å². The second-order valence-electron chi connectivity index (χ2n) is 6.12. The number of nitrogens with zero attached hydrogens (tertiary/aromatic N) is 3. The fourth-order valence-corrected chi connectivity index (χ4v) is 2.78. The lowest BCUT2D eigenvalue weighted by Gasteiger charge is -2.12. The van der Waals surface area contributed by atoms with Gasteiger partial charge in [-0.3, -0.25) is 4.79 Å². The van der Waals surface area contributed by atoms with Crippen LogP contribution >= 0.6 is 0 Å². The molecule has 0 fully saturated rings. The summed E-state index contributed by atoms with van der Waals surface area (Å²) in [5, 5.41) is 7.28. The first-order valence-corrected chi connectivity index (χ1v) is 8.51. The number of rotatable bonds is 6. The van der Waals surface area contributed by atoms with Crippen LogP contribution in [0.2, 0.25) is 0 Å². The fourth-order valence-electron chi connectivity index (χ4n) is 2.78. The van der Waals surface area contributed by atoms with Crippen LogP contribution in [0.1, 0.15) is 17.2 Å². The van der Waals surface area contributed by atoms with E-state index in [1.807, 2.05) is 31.2 Å². The Labute approximate surface area is 158 Å². The molecule has 0 spiro atoms. The van der Waals surface area contributed by atoms with Crippen LogP contribution in [-0.4, -0.2) is 34.9 Å². The van der Waals surface area contributed by atoms with Crippen molar-refractivity contribution in [1.82, 2.24) is 14.8 Å². The number of hydrogen-bond acceptors (Lipinski definition) is 5. The molecule has 0 bridgehead atoms. The van der Waals surface area contributed by atoms with E-state index in [0.717, 1.165) is 11.3 Å². The van der Waals surface area contributed by atoms with Crippen molar-refractivity contribution in [2.24, 2.45) is 0 Å². The first-order chi connectivity index (χ1) is 13.0. The quantitative estimate of drug-likeness (QED) is 0.725. The van der Waals surface area contributed by atoms with Crippen molar-refractivity contribution in [3.05, 3.63) is 59.7 Å². The number of benzene rings is 2. The third kappa shape index (κ3) is 4.25. The number of ether oxygens (including phenoxy) is 2. The predicted octanol–water partition coefficient (Wildman–Crippen LogP) is 3.08. The third-order valence-corrected chi connectivity index (χ3v) is 4.03. The molecule has 0 saturated carbocycles. The molecular formula is C20H22N4O3. The Morgan fingerprint density at radius 2 is 1.93 bits per heavy atom. The van der Waals surface area contributed by atoms with Crippen LogP contribution in [0.25, 0.3) is 5.69 Å². The zero-order chi connectivity index (χ0) is 19.4. The van der Waals surface area contributed by atoms with Crippen LogP contribution in [0.5, 0.6) is 11.5 Å². The van der Waals surface area contributed by atoms with Gasteiger partial charge >= 0.3 is 0 Å². The molecule has 3 aromatic rings. The van der Waals surface area contributed by atoms with Gasteiger partial charge in [0.1, 0.15) is 23.1 Å². The number of carbonyl (C=O) groups excluding carboxylic acids is 1. The summed E-state index contributed by atoms with van der Waals surface area (Å²) in [7, 11) is 3.12. The monoisotopic (exact) mass is 366 g/mol. The topological polar surface area (TPSA) is 78.3 Å². The van der Waals surface area contributed by atoms with Crippen LogP contribution in [0.3, 0.4) is 0 Å². The number of methoxy groups -OCH3 is 2. The summed E-state index contributed by atoms with van der Waals surface area (Å²) >= 11 is 0. The van der Waals surface area contributed by atoms with Crippen LogP contribution in [0.15, 0.2) is 42.5 Å². The maximum atomic E-state index is 12.6. The number of amides is 1. The van der Waals surface area contributed by atoms with Crippen molar-refractivity contribution >= 4 is 11.6 Å². The number of hydrogen-bond donors (Lipinski definition) is 1. The standard InChI is InChI=1S/C20H22N4O3/c1-13-6-5-7-15(10-13)24-19(21-14(2)23-24)12-20(25)22-17-9-8-16(26-3)11-18(17)27-4/h5-11H,12H2,1-4H3,(H,22,25). The largest absolute Gasteiger partial charge is 0.497 e. The summed E-state index contributed by atoms with van der Waals surface area (Å²) in [6, 6.07) is 13.1. The zero-order valence-corrected chi connectivity index (χ0v) is 15.8. The van der Waals surface area contributed by atoms with Gasteiger partial charge in [-0.25, -0.2) is 9.67 Å². The van der Waals surface area contributed by atoms with E-state index in [1.54, 1.807) is 44.0 Å². The van der Waals surface area contributed by atoms with E-state index in [1.165, 1.54) is 0 Å². The normalized spacial score (nSPS) is 10.5. The number of carbonyl (C=O) groups is 1. The van der Waals surface area contributed by atoms with Gasteiger partial charge in [0.2, 0.25) is 5.91 Å². The molecule has 1 aromatic heterocycles. The second-order valence-corrected chi connectivity index (χ2v) is 6.12. The Kier molecular flexibility index (Phi) is 5.40. The lowest BCUT2D eigenvalue weighted by molar-refractivity contribution is -0.115. The molecular weight excluding hydrogens is 344 g/mol. The van der Waals surface area contributed by atoms with Gasteiger partial charge in [0, 0.05) is 6.07 Å². The van der Waals surface area contributed by atoms with Crippen molar-refractivity contribution in [3.8, 4) is 17.2 Å². The molecule has 1 amide bonds. The Balaban J connectivity index is 1.81. The van der Waals surface area contributed by atoms with Crippen molar-refractivity contribution in [1.29, 1.82) is 0 Å².